The first kappa shape index (κ1) is 14.0. The molecule has 2 nitrogen and oxygen atoms in total. The van der Waals surface area contributed by atoms with Gasteiger partial charge in [0.05, 0.1) is 0 Å². The lowest BCUT2D eigenvalue weighted by atomic mass is 9.77. The van der Waals surface area contributed by atoms with Gasteiger partial charge in [-0.15, -0.1) is 0 Å². The summed E-state index contributed by atoms with van der Waals surface area (Å²) in [6, 6.07) is 1.51. The van der Waals surface area contributed by atoms with Gasteiger partial charge in [-0.2, -0.15) is 0 Å². The molecule has 0 saturated heterocycles. The van der Waals surface area contributed by atoms with E-state index in [0.29, 0.717) is 6.04 Å². The van der Waals surface area contributed by atoms with Gasteiger partial charge in [0, 0.05) is 17.6 Å². The summed E-state index contributed by atoms with van der Waals surface area (Å²) in [4.78, 5) is 2.65. The van der Waals surface area contributed by atoms with Crippen molar-refractivity contribution in [3.63, 3.8) is 0 Å². The van der Waals surface area contributed by atoms with Crippen molar-refractivity contribution in [2.75, 3.05) is 13.1 Å². The second-order valence-corrected chi connectivity index (χ2v) is 6.46. The second kappa shape index (κ2) is 5.50. The number of rotatable bonds is 5. The molecule has 1 aliphatic rings. The lowest BCUT2D eigenvalue weighted by molar-refractivity contribution is 0.0395. The zero-order chi connectivity index (χ0) is 12.3. The van der Waals surface area contributed by atoms with Gasteiger partial charge in [-0.25, -0.2) is 0 Å². The molecule has 1 fully saturated rings. The Balaban J connectivity index is 2.40. The van der Waals surface area contributed by atoms with E-state index in [2.05, 4.69) is 51.8 Å². The van der Waals surface area contributed by atoms with E-state index in [1.807, 2.05) is 0 Å². The SMILES string of the molecule is CCN(C(C)C)C1CCC1CNC(C)(C)C. The molecular weight excluding hydrogens is 196 g/mol. The van der Waals surface area contributed by atoms with Crippen LogP contribution in [0, 0.1) is 5.92 Å². The van der Waals surface area contributed by atoms with Crippen molar-refractivity contribution in [2.45, 2.75) is 72.0 Å². The van der Waals surface area contributed by atoms with Crippen LogP contribution in [-0.4, -0.2) is 35.6 Å². The van der Waals surface area contributed by atoms with Gasteiger partial charge < -0.3 is 5.32 Å². The Morgan fingerprint density at radius 2 is 1.88 bits per heavy atom. The molecule has 0 heterocycles. The molecular formula is C14H30N2. The normalized spacial score (nSPS) is 26.2. The summed E-state index contributed by atoms with van der Waals surface area (Å²) in [5, 5.41) is 3.65. The third-order valence-corrected chi connectivity index (χ3v) is 3.73. The van der Waals surface area contributed by atoms with Gasteiger partial charge in [-0.1, -0.05) is 6.92 Å². The molecule has 0 bridgehead atoms. The van der Waals surface area contributed by atoms with Gasteiger partial charge in [-0.3, -0.25) is 4.90 Å². The molecule has 0 amide bonds. The summed E-state index contributed by atoms with van der Waals surface area (Å²) >= 11 is 0. The highest BCUT2D eigenvalue weighted by atomic mass is 15.2. The minimum atomic E-state index is 0.259. The highest BCUT2D eigenvalue weighted by Crippen LogP contribution is 2.33. The Morgan fingerprint density at radius 3 is 2.19 bits per heavy atom. The molecule has 1 rings (SSSR count). The van der Waals surface area contributed by atoms with Gasteiger partial charge >= 0.3 is 0 Å². The predicted octanol–water partition coefficient (Wildman–Crippen LogP) is 2.88. The van der Waals surface area contributed by atoms with Crippen LogP contribution in [0.3, 0.4) is 0 Å². The largest absolute Gasteiger partial charge is 0.312 e. The highest BCUT2D eigenvalue weighted by molar-refractivity contribution is 4.92. The average molecular weight is 226 g/mol. The maximum Gasteiger partial charge on any atom is 0.0138 e. The maximum atomic E-state index is 3.65. The first-order valence-electron chi connectivity index (χ1n) is 6.86. The van der Waals surface area contributed by atoms with Crippen molar-refractivity contribution in [1.29, 1.82) is 0 Å². The summed E-state index contributed by atoms with van der Waals surface area (Å²) in [5.41, 5.74) is 0.259. The van der Waals surface area contributed by atoms with Crippen molar-refractivity contribution in [3.8, 4) is 0 Å². The summed E-state index contributed by atoms with van der Waals surface area (Å²) in [7, 11) is 0. The second-order valence-electron chi connectivity index (χ2n) is 6.46. The quantitative estimate of drug-likeness (QED) is 0.775. The molecule has 1 aliphatic carbocycles. The monoisotopic (exact) mass is 226 g/mol. The molecule has 0 aliphatic heterocycles. The lowest BCUT2D eigenvalue weighted by Crippen LogP contribution is -2.54. The Labute approximate surface area is 102 Å². The van der Waals surface area contributed by atoms with E-state index < -0.39 is 0 Å². The van der Waals surface area contributed by atoms with Crippen LogP contribution in [-0.2, 0) is 0 Å². The van der Waals surface area contributed by atoms with Gasteiger partial charge in [0.25, 0.3) is 0 Å². The molecule has 1 N–H and O–H groups in total. The third kappa shape index (κ3) is 3.74. The summed E-state index contributed by atoms with van der Waals surface area (Å²) in [6.07, 6.45) is 2.79. The Kier molecular flexibility index (Phi) is 4.81. The summed E-state index contributed by atoms with van der Waals surface area (Å²) in [6.45, 7) is 16.0. The van der Waals surface area contributed by atoms with Crippen molar-refractivity contribution >= 4 is 0 Å². The molecule has 1 saturated carbocycles. The number of hydrogen-bond acceptors (Lipinski definition) is 2. The first-order valence-corrected chi connectivity index (χ1v) is 6.86. The van der Waals surface area contributed by atoms with Crippen molar-refractivity contribution in [2.24, 2.45) is 5.92 Å². The molecule has 0 aromatic rings. The third-order valence-electron chi connectivity index (χ3n) is 3.73. The average Bonchev–Trinajstić information content (AvgIpc) is 2.09. The van der Waals surface area contributed by atoms with E-state index in [-0.39, 0.29) is 5.54 Å². The van der Waals surface area contributed by atoms with Crippen LogP contribution in [0.25, 0.3) is 0 Å². The van der Waals surface area contributed by atoms with Crippen LogP contribution in [0.15, 0.2) is 0 Å². The smallest absolute Gasteiger partial charge is 0.0138 e. The predicted molar refractivity (Wildman–Crippen MR) is 71.8 cm³/mol. The fourth-order valence-corrected chi connectivity index (χ4v) is 2.65. The molecule has 96 valence electrons. The van der Waals surface area contributed by atoms with Gasteiger partial charge in [0.1, 0.15) is 0 Å². The van der Waals surface area contributed by atoms with Crippen molar-refractivity contribution < 1.29 is 0 Å². The molecule has 2 unspecified atom stereocenters. The van der Waals surface area contributed by atoms with Gasteiger partial charge in [0.2, 0.25) is 0 Å². The van der Waals surface area contributed by atoms with E-state index >= 15 is 0 Å². The standard InChI is InChI=1S/C14H30N2/c1-7-16(11(2)3)13-9-8-12(13)10-15-14(4,5)6/h11-13,15H,7-10H2,1-6H3. The van der Waals surface area contributed by atoms with E-state index in [1.54, 1.807) is 0 Å². The fourth-order valence-electron chi connectivity index (χ4n) is 2.65. The number of hydrogen-bond donors (Lipinski definition) is 1. The fraction of sp³-hybridized carbons (Fsp3) is 1.00. The number of nitrogens with one attached hydrogen (secondary N) is 1. The van der Waals surface area contributed by atoms with Crippen LogP contribution in [0.1, 0.15) is 54.4 Å². The van der Waals surface area contributed by atoms with Crippen LogP contribution < -0.4 is 5.32 Å². The van der Waals surface area contributed by atoms with Crippen LogP contribution in [0.5, 0.6) is 0 Å². The van der Waals surface area contributed by atoms with E-state index in [9.17, 15) is 0 Å². The summed E-state index contributed by atoms with van der Waals surface area (Å²) in [5.74, 6) is 0.863. The molecule has 0 spiro atoms. The minimum Gasteiger partial charge on any atom is -0.312 e. The van der Waals surface area contributed by atoms with Crippen molar-refractivity contribution in [3.05, 3.63) is 0 Å². The molecule has 0 aromatic carbocycles. The van der Waals surface area contributed by atoms with Gasteiger partial charge in [-0.05, 0) is 66.5 Å². The van der Waals surface area contributed by atoms with E-state index in [1.165, 1.54) is 25.9 Å². The molecule has 0 aromatic heterocycles. The Bertz CT molecular complexity index is 205. The highest BCUT2D eigenvalue weighted by Gasteiger charge is 2.35. The topological polar surface area (TPSA) is 15.3 Å². The zero-order valence-electron chi connectivity index (χ0n) is 12.0. The van der Waals surface area contributed by atoms with Gasteiger partial charge in [0.15, 0.2) is 0 Å². The van der Waals surface area contributed by atoms with Crippen LogP contribution >= 0.6 is 0 Å². The van der Waals surface area contributed by atoms with E-state index in [0.717, 1.165) is 12.0 Å². The van der Waals surface area contributed by atoms with Crippen LogP contribution in [0.2, 0.25) is 0 Å². The Hall–Kier alpha value is -0.0800. The maximum absolute atomic E-state index is 3.65. The zero-order valence-corrected chi connectivity index (χ0v) is 12.0. The van der Waals surface area contributed by atoms with Crippen LogP contribution in [0.4, 0.5) is 0 Å². The molecule has 16 heavy (non-hydrogen) atoms. The van der Waals surface area contributed by atoms with Crippen molar-refractivity contribution in [1.82, 2.24) is 10.2 Å². The lowest BCUT2D eigenvalue weighted by Gasteiger charge is -2.47. The molecule has 2 heteroatoms. The number of nitrogens with zero attached hydrogens (tertiary/aromatic N) is 1. The minimum absolute atomic E-state index is 0.259. The molecule has 2 atom stereocenters. The summed E-state index contributed by atoms with van der Waals surface area (Å²) < 4.78 is 0. The molecule has 0 radical (unpaired) electrons. The first-order chi connectivity index (χ1) is 7.35. The Morgan fingerprint density at radius 1 is 1.25 bits per heavy atom. The van der Waals surface area contributed by atoms with E-state index in [4.69, 9.17) is 0 Å².